The third-order valence-corrected chi connectivity index (χ3v) is 3.05. The van der Waals surface area contributed by atoms with Gasteiger partial charge in [-0.25, -0.2) is 4.79 Å². The highest BCUT2D eigenvalue weighted by atomic mass is 16.4. The van der Waals surface area contributed by atoms with E-state index in [0.29, 0.717) is 13.1 Å². The zero-order valence-electron chi connectivity index (χ0n) is 12.3. The molecule has 1 atom stereocenters. The summed E-state index contributed by atoms with van der Waals surface area (Å²) in [5.74, 6) is -2.14. The maximum absolute atomic E-state index is 12.1. The first kappa shape index (κ1) is 16.6. The van der Waals surface area contributed by atoms with Crippen molar-refractivity contribution in [2.45, 2.75) is 26.8 Å². The van der Waals surface area contributed by atoms with Gasteiger partial charge < -0.3 is 15.3 Å². The maximum atomic E-state index is 12.1. The van der Waals surface area contributed by atoms with Crippen LogP contribution in [0.15, 0.2) is 18.3 Å². The minimum atomic E-state index is -1.24. The summed E-state index contributed by atoms with van der Waals surface area (Å²) in [4.78, 5) is 40.6. The lowest BCUT2D eigenvalue weighted by Crippen LogP contribution is -2.47. The molecule has 0 aromatic carbocycles. The average molecular weight is 293 g/mol. The molecule has 0 saturated heterocycles. The van der Waals surface area contributed by atoms with E-state index in [1.54, 1.807) is 11.8 Å². The van der Waals surface area contributed by atoms with E-state index in [9.17, 15) is 14.4 Å². The Morgan fingerprint density at radius 1 is 1.33 bits per heavy atom. The first-order valence-corrected chi connectivity index (χ1v) is 6.70. The number of amides is 2. The molecule has 1 heterocycles. The third kappa shape index (κ3) is 4.01. The van der Waals surface area contributed by atoms with Crippen molar-refractivity contribution in [2.75, 3.05) is 13.1 Å². The van der Waals surface area contributed by atoms with Crippen LogP contribution in [0.4, 0.5) is 0 Å². The van der Waals surface area contributed by atoms with E-state index < -0.39 is 17.9 Å². The highest BCUT2D eigenvalue weighted by molar-refractivity contribution is 6.04. The monoisotopic (exact) mass is 293 g/mol. The molecular weight excluding hydrogens is 274 g/mol. The number of nitrogens with one attached hydrogen (secondary N) is 1. The lowest BCUT2D eigenvalue weighted by Gasteiger charge is -2.23. The first-order chi connectivity index (χ1) is 9.92. The molecule has 7 nitrogen and oxygen atoms in total. The number of likely N-dealkylation sites (N-methyl/N-ethyl adjacent to an activating group) is 1. The van der Waals surface area contributed by atoms with E-state index in [-0.39, 0.29) is 17.2 Å². The van der Waals surface area contributed by atoms with Gasteiger partial charge in [-0.2, -0.15) is 0 Å². The standard InChI is InChI=1S/C14H19N3O4/c1-4-17(5-2)13(19)9(3)16-12(18)11-10(14(20)21)7-6-8-15-11/h6-9H,4-5H2,1-3H3,(H,16,18)(H,20,21). The Hall–Kier alpha value is -2.44. The van der Waals surface area contributed by atoms with Gasteiger partial charge >= 0.3 is 5.97 Å². The number of carboxylic acid groups (broad SMARTS) is 1. The van der Waals surface area contributed by atoms with Crippen molar-refractivity contribution in [2.24, 2.45) is 0 Å². The zero-order chi connectivity index (χ0) is 16.0. The molecule has 1 unspecified atom stereocenters. The summed E-state index contributed by atoms with van der Waals surface area (Å²) in [5, 5.41) is 11.5. The van der Waals surface area contributed by atoms with E-state index in [0.717, 1.165) is 0 Å². The predicted molar refractivity (Wildman–Crippen MR) is 76.1 cm³/mol. The van der Waals surface area contributed by atoms with Gasteiger partial charge in [-0.1, -0.05) is 0 Å². The van der Waals surface area contributed by atoms with Gasteiger partial charge in [-0.3, -0.25) is 14.6 Å². The van der Waals surface area contributed by atoms with Crippen LogP contribution in [0.3, 0.4) is 0 Å². The minimum absolute atomic E-state index is 0.197. The Labute approximate surface area is 123 Å². The maximum Gasteiger partial charge on any atom is 0.338 e. The molecule has 0 bridgehead atoms. The molecule has 2 N–H and O–H groups in total. The van der Waals surface area contributed by atoms with Gasteiger partial charge in [0, 0.05) is 19.3 Å². The normalized spacial score (nSPS) is 11.6. The summed E-state index contributed by atoms with van der Waals surface area (Å²) in [6.07, 6.45) is 1.33. The number of rotatable bonds is 6. The van der Waals surface area contributed by atoms with E-state index in [1.165, 1.54) is 18.3 Å². The van der Waals surface area contributed by atoms with Crippen LogP contribution in [-0.4, -0.2) is 51.9 Å². The Bertz CT molecular complexity index is 541. The van der Waals surface area contributed by atoms with Crippen molar-refractivity contribution in [3.05, 3.63) is 29.6 Å². The van der Waals surface area contributed by atoms with Crippen LogP contribution in [-0.2, 0) is 4.79 Å². The second-order valence-corrected chi connectivity index (χ2v) is 4.41. The molecule has 7 heteroatoms. The van der Waals surface area contributed by atoms with Crippen molar-refractivity contribution in [3.8, 4) is 0 Å². The first-order valence-electron chi connectivity index (χ1n) is 6.70. The summed E-state index contributed by atoms with van der Waals surface area (Å²) >= 11 is 0. The van der Waals surface area contributed by atoms with Crippen LogP contribution >= 0.6 is 0 Å². The van der Waals surface area contributed by atoms with Crippen molar-refractivity contribution in [3.63, 3.8) is 0 Å². The fraction of sp³-hybridized carbons (Fsp3) is 0.429. The summed E-state index contributed by atoms with van der Waals surface area (Å²) in [5.41, 5.74) is -0.401. The Morgan fingerprint density at radius 3 is 2.48 bits per heavy atom. The zero-order valence-corrected chi connectivity index (χ0v) is 12.3. The highest BCUT2D eigenvalue weighted by Gasteiger charge is 2.23. The molecule has 2 amide bonds. The van der Waals surface area contributed by atoms with Crippen LogP contribution in [0.1, 0.15) is 41.6 Å². The van der Waals surface area contributed by atoms with E-state index in [4.69, 9.17) is 5.11 Å². The van der Waals surface area contributed by atoms with Gasteiger partial charge in [0.1, 0.15) is 11.7 Å². The minimum Gasteiger partial charge on any atom is -0.478 e. The molecule has 0 radical (unpaired) electrons. The van der Waals surface area contributed by atoms with Gasteiger partial charge in [0.15, 0.2) is 0 Å². The van der Waals surface area contributed by atoms with Crippen molar-refractivity contribution >= 4 is 17.8 Å². The summed E-state index contributed by atoms with van der Waals surface area (Å²) < 4.78 is 0. The van der Waals surface area contributed by atoms with Gasteiger partial charge in [0.25, 0.3) is 5.91 Å². The Balaban J connectivity index is 2.87. The third-order valence-electron chi connectivity index (χ3n) is 3.05. The largest absolute Gasteiger partial charge is 0.478 e. The molecule has 0 aliphatic rings. The molecule has 0 spiro atoms. The summed E-state index contributed by atoms with van der Waals surface area (Å²) in [6, 6.07) is 1.98. The fourth-order valence-electron chi connectivity index (χ4n) is 1.89. The smallest absolute Gasteiger partial charge is 0.338 e. The lowest BCUT2D eigenvalue weighted by atomic mass is 10.1. The van der Waals surface area contributed by atoms with Crippen LogP contribution < -0.4 is 5.32 Å². The van der Waals surface area contributed by atoms with Crippen molar-refractivity contribution in [1.29, 1.82) is 0 Å². The topological polar surface area (TPSA) is 99.6 Å². The quantitative estimate of drug-likeness (QED) is 0.807. The van der Waals surface area contributed by atoms with Crippen LogP contribution in [0.2, 0.25) is 0 Å². The van der Waals surface area contributed by atoms with Crippen LogP contribution in [0.25, 0.3) is 0 Å². The molecule has 1 aromatic rings. The van der Waals surface area contributed by atoms with Gasteiger partial charge in [0.2, 0.25) is 5.91 Å². The SMILES string of the molecule is CCN(CC)C(=O)C(C)NC(=O)c1ncccc1C(=O)O. The highest BCUT2D eigenvalue weighted by Crippen LogP contribution is 2.06. The second-order valence-electron chi connectivity index (χ2n) is 4.41. The number of hydrogen-bond donors (Lipinski definition) is 2. The number of carbonyl (C=O) groups is 3. The van der Waals surface area contributed by atoms with Gasteiger partial charge in [-0.05, 0) is 32.9 Å². The molecule has 21 heavy (non-hydrogen) atoms. The molecule has 0 aliphatic heterocycles. The number of hydrogen-bond acceptors (Lipinski definition) is 4. The van der Waals surface area contributed by atoms with Crippen LogP contribution in [0, 0.1) is 0 Å². The number of aromatic nitrogens is 1. The number of carbonyl (C=O) groups excluding carboxylic acids is 2. The second kappa shape index (κ2) is 7.37. The van der Waals surface area contributed by atoms with Crippen molar-refractivity contribution in [1.82, 2.24) is 15.2 Å². The van der Waals surface area contributed by atoms with E-state index in [2.05, 4.69) is 10.3 Å². The molecule has 0 aliphatic carbocycles. The van der Waals surface area contributed by atoms with Crippen molar-refractivity contribution < 1.29 is 19.5 Å². The molecule has 1 aromatic heterocycles. The Morgan fingerprint density at radius 2 is 1.95 bits per heavy atom. The molecular formula is C14H19N3O4. The molecule has 0 saturated carbocycles. The molecule has 1 rings (SSSR count). The molecule has 114 valence electrons. The summed E-state index contributed by atoms with van der Waals surface area (Å²) in [6.45, 7) is 6.33. The van der Waals surface area contributed by atoms with Gasteiger partial charge in [-0.15, -0.1) is 0 Å². The lowest BCUT2D eigenvalue weighted by molar-refractivity contribution is -0.132. The van der Waals surface area contributed by atoms with Gasteiger partial charge in [0.05, 0.1) is 5.56 Å². The number of aromatic carboxylic acids is 1. The number of nitrogens with zero attached hydrogens (tertiary/aromatic N) is 2. The van der Waals surface area contributed by atoms with E-state index >= 15 is 0 Å². The van der Waals surface area contributed by atoms with E-state index in [1.807, 2.05) is 13.8 Å². The number of pyridine rings is 1. The predicted octanol–water partition coefficient (Wildman–Crippen LogP) is 0.766. The average Bonchev–Trinajstić information content (AvgIpc) is 2.48. The fourth-order valence-corrected chi connectivity index (χ4v) is 1.89. The Kier molecular flexibility index (Phi) is 5.83. The number of carboxylic acids is 1. The van der Waals surface area contributed by atoms with Crippen LogP contribution in [0.5, 0.6) is 0 Å². The molecule has 0 fully saturated rings. The summed E-state index contributed by atoms with van der Waals surface area (Å²) in [7, 11) is 0.